The summed E-state index contributed by atoms with van der Waals surface area (Å²) in [6.45, 7) is 6.55. The van der Waals surface area contributed by atoms with E-state index >= 15 is 0 Å². The van der Waals surface area contributed by atoms with Crippen LogP contribution in [0.2, 0.25) is 0 Å². The Kier molecular flexibility index (Phi) is 6.48. The third kappa shape index (κ3) is 4.70. The highest BCUT2D eigenvalue weighted by Crippen LogP contribution is 2.40. The Hall–Kier alpha value is -1.07. The number of nitrogens with one attached hydrogen (secondary N) is 2. The van der Waals surface area contributed by atoms with Gasteiger partial charge in [0.05, 0.1) is 12.2 Å². The highest BCUT2D eigenvalue weighted by atomic mass is 35.5. The number of anilines is 1. The van der Waals surface area contributed by atoms with Crippen LogP contribution in [0.1, 0.15) is 52.0 Å². The average molecular weight is 341 g/mol. The molecule has 1 aliphatic heterocycles. The van der Waals surface area contributed by atoms with Crippen LogP contribution in [0.15, 0.2) is 12.3 Å². The molecule has 1 saturated carbocycles. The molecule has 1 aromatic rings. The summed E-state index contributed by atoms with van der Waals surface area (Å²) in [4.78, 5) is 12.4. The number of carbonyl (C=O) groups excluding carboxylic acids is 1. The van der Waals surface area contributed by atoms with Gasteiger partial charge < -0.3 is 10.6 Å². The average Bonchev–Trinajstić information content (AvgIpc) is 3.28. The monoisotopic (exact) mass is 340 g/mol. The Morgan fingerprint density at radius 3 is 2.83 bits per heavy atom. The van der Waals surface area contributed by atoms with E-state index in [4.69, 9.17) is 0 Å². The third-order valence-electron chi connectivity index (χ3n) is 5.27. The lowest BCUT2D eigenvalue weighted by Gasteiger charge is -2.28. The maximum atomic E-state index is 12.4. The van der Waals surface area contributed by atoms with Crippen molar-refractivity contribution in [3.8, 4) is 0 Å². The first-order valence-electron chi connectivity index (χ1n) is 8.69. The molecule has 5 nitrogen and oxygen atoms in total. The Morgan fingerprint density at radius 1 is 1.39 bits per heavy atom. The quantitative estimate of drug-likeness (QED) is 0.835. The molecule has 1 amide bonds. The molecule has 23 heavy (non-hydrogen) atoms. The molecule has 0 radical (unpaired) electrons. The van der Waals surface area contributed by atoms with Crippen LogP contribution in [0.4, 0.5) is 5.82 Å². The van der Waals surface area contributed by atoms with Crippen molar-refractivity contribution in [1.29, 1.82) is 0 Å². The molecule has 1 aliphatic carbocycles. The second-order valence-corrected chi connectivity index (χ2v) is 7.08. The fraction of sp³-hybridized carbons (Fsp3) is 0.765. The Labute approximate surface area is 145 Å². The lowest BCUT2D eigenvalue weighted by atomic mass is 9.85. The molecule has 2 heterocycles. The topological polar surface area (TPSA) is 59.0 Å². The molecule has 6 heteroatoms. The van der Waals surface area contributed by atoms with Crippen LogP contribution >= 0.6 is 12.4 Å². The summed E-state index contributed by atoms with van der Waals surface area (Å²) < 4.78 is 1.97. The zero-order valence-electron chi connectivity index (χ0n) is 14.1. The maximum absolute atomic E-state index is 12.4. The lowest BCUT2D eigenvalue weighted by Crippen LogP contribution is -2.34. The van der Waals surface area contributed by atoms with Gasteiger partial charge in [-0.25, -0.2) is 4.68 Å². The van der Waals surface area contributed by atoms with Crippen LogP contribution in [0.25, 0.3) is 0 Å². The van der Waals surface area contributed by atoms with Crippen molar-refractivity contribution in [2.45, 2.75) is 52.0 Å². The highest BCUT2D eigenvalue weighted by molar-refractivity contribution is 5.90. The normalized spacial score (nSPS) is 23.7. The minimum absolute atomic E-state index is 0. The van der Waals surface area contributed by atoms with E-state index in [2.05, 4.69) is 29.6 Å². The van der Waals surface area contributed by atoms with E-state index in [1.165, 1.54) is 25.7 Å². The number of nitrogens with zero attached hydrogens (tertiary/aromatic N) is 2. The number of amides is 1. The second-order valence-electron chi connectivity index (χ2n) is 7.08. The van der Waals surface area contributed by atoms with Crippen LogP contribution in [-0.4, -0.2) is 28.8 Å². The number of halogens is 1. The molecule has 1 aromatic heterocycles. The highest BCUT2D eigenvalue weighted by Gasteiger charge is 2.31. The predicted octanol–water partition coefficient (Wildman–Crippen LogP) is 3.24. The van der Waals surface area contributed by atoms with E-state index in [-0.39, 0.29) is 18.3 Å². The standard InChI is InChI=1S/C17H28N4O.ClH/c1-12(15-4-3-8-18-11-15)10-17(22)20-16-7-9-19-21(16)13(2)14-5-6-14;/h7,9,12-15,18H,3-6,8,10-11H2,1-2H3,(H,20,22);1H. The molecular weight excluding hydrogens is 312 g/mol. The van der Waals surface area contributed by atoms with Gasteiger partial charge in [-0.3, -0.25) is 4.79 Å². The first kappa shape index (κ1) is 18.3. The summed E-state index contributed by atoms with van der Waals surface area (Å²) in [5.74, 6) is 2.73. The van der Waals surface area contributed by atoms with Crippen molar-refractivity contribution < 1.29 is 4.79 Å². The number of aromatic nitrogens is 2. The van der Waals surface area contributed by atoms with Gasteiger partial charge in [0.2, 0.25) is 5.91 Å². The first-order valence-corrected chi connectivity index (χ1v) is 8.69. The second kappa shape index (κ2) is 8.15. The van der Waals surface area contributed by atoms with Gasteiger partial charge in [0, 0.05) is 12.5 Å². The number of carbonyl (C=O) groups is 1. The zero-order valence-corrected chi connectivity index (χ0v) is 14.9. The number of piperidine rings is 1. The largest absolute Gasteiger partial charge is 0.316 e. The molecule has 0 spiro atoms. The van der Waals surface area contributed by atoms with Crippen molar-refractivity contribution >= 4 is 24.1 Å². The summed E-state index contributed by atoms with van der Waals surface area (Å²) >= 11 is 0. The van der Waals surface area contributed by atoms with Crippen molar-refractivity contribution in [3.63, 3.8) is 0 Å². The molecule has 1 saturated heterocycles. The first-order chi connectivity index (χ1) is 10.6. The van der Waals surface area contributed by atoms with Gasteiger partial charge >= 0.3 is 0 Å². The summed E-state index contributed by atoms with van der Waals surface area (Å²) in [7, 11) is 0. The van der Waals surface area contributed by atoms with Gasteiger partial charge in [-0.15, -0.1) is 12.4 Å². The molecule has 130 valence electrons. The van der Waals surface area contributed by atoms with E-state index in [0.717, 1.165) is 24.8 Å². The van der Waals surface area contributed by atoms with Crippen molar-refractivity contribution in [2.24, 2.45) is 17.8 Å². The molecule has 2 aliphatic rings. The van der Waals surface area contributed by atoms with Crippen LogP contribution < -0.4 is 10.6 Å². The van der Waals surface area contributed by atoms with Gasteiger partial charge in [-0.1, -0.05) is 6.92 Å². The minimum atomic E-state index is 0. The van der Waals surface area contributed by atoms with E-state index in [9.17, 15) is 4.79 Å². The maximum Gasteiger partial charge on any atom is 0.225 e. The third-order valence-corrected chi connectivity index (χ3v) is 5.27. The molecular formula is C17H29ClN4O. The van der Waals surface area contributed by atoms with Gasteiger partial charge in [-0.2, -0.15) is 5.10 Å². The molecule has 0 bridgehead atoms. The molecule has 2 N–H and O–H groups in total. The molecule has 3 rings (SSSR count). The summed E-state index contributed by atoms with van der Waals surface area (Å²) in [5, 5.41) is 10.9. The predicted molar refractivity (Wildman–Crippen MR) is 94.9 cm³/mol. The van der Waals surface area contributed by atoms with Gasteiger partial charge in [0.1, 0.15) is 5.82 Å². The van der Waals surface area contributed by atoms with Crippen LogP contribution in [0.5, 0.6) is 0 Å². The summed E-state index contributed by atoms with van der Waals surface area (Å²) in [6.07, 6.45) is 7.39. The van der Waals surface area contributed by atoms with Crippen LogP contribution in [0, 0.1) is 17.8 Å². The molecule has 2 fully saturated rings. The number of hydrogen-bond donors (Lipinski definition) is 2. The van der Waals surface area contributed by atoms with Crippen LogP contribution in [-0.2, 0) is 4.79 Å². The Bertz CT molecular complexity index is 508. The van der Waals surface area contributed by atoms with E-state index in [0.29, 0.717) is 24.3 Å². The van der Waals surface area contributed by atoms with Crippen LogP contribution in [0.3, 0.4) is 0 Å². The van der Waals surface area contributed by atoms with Crippen molar-refractivity contribution in [2.75, 3.05) is 18.4 Å². The lowest BCUT2D eigenvalue weighted by molar-refractivity contribution is -0.117. The van der Waals surface area contributed by atoms with Crippen molar-refractivity contribution in [1.82, 2.24) is 15.1 Å². The zero-order chi connectivity index (χ0) is 15.5. The molecule has 3 unspecified atom stereocenters. The van der Waals surface area contributed by atoms with Gasteiger partial charge in [0.25, 0.3) is 0 Å². The van der Waals surface area contributed by atoms with Gasteiger partial charge in [-0.05, 0) is 63.5 Å². The molecule has 3 atom stereocenters. The van der Waals surface area contributed by atoms with E-state index in [1.807, 2.05) is 10.7 Å². The number of hydrogen-bond acceptors (Lipinski definition) is 3. The molecule has 0 aromatic carbocycles. The Balaban J connectivity index is 0.00000192. The fourth-order valence-corrected chi connectivity index (χ4v) is 3.53. The SMILES string of the molecule is CC(CC(=O)Nc1ccnn1C(C)C1CC1)C1CCCNC1.Cl. The van der Waals surface area contributed by atoms with E-state index < -0.39 is 0 Å². The minimum Gasteiger partial charge on any atom is -0.316 e. The summed E-state index contributed by atoms with van der Waals surface area (Å²) in [5.41, 5.74) is 0. The fourth-order valence-electron chi connectivity index (χ4n) is 3.53. The van der Waals surface area contributed by atoms with Gasteiger partial charge in [0.15, 0.2) is 0 Å². The summed E-state index contributed by atoms with van der Waals surface area (Å²) in [6, 6.07) is 2.29. The number of rotatable bonds is 6. The Morgan fingerprint density at radius 2 is 2.17 bits per heavy atom. The van der Waals surface area contributed by atoms with Crippen molar-refractivity contribution in [3.05, 3.63) is 12.3 Å². The smallest absolute Gasteiger partial charge is 0.225 e. The van der Waals surface area contributed by atoms with E-state index in [1.54, 1.807) is 6.20 Å².